The summed E-state index contributed by atoms with van der Waals surface area (Å²) in [5.41, 5.74) is 1.89. The quantitative estimate of drug-likeness (QED) is 0.402. The predicted molar refractivity (Wildman–Crippen MR) is 121 cm³/mol. The molecular weight excluding hydrogens is 393 g/mol. The summed E-state index contributed by atoms with van der Waals surface area (Å²) in [4.78, 5) is 0. The van der Waals surface area contributed by atoms with Crippen molar-refractivity contribution in [3.05, 3.63) is 59.4 Å². The summed E-state index contributed by atoms with van der Waals surface area (Å²) in [6.45, 7) is 2.28. The first-order valence-corrected chi connectivity index (χ1v) is 12.2. The molecule has 0 aromatic heterocycles. The van der Waals surface area contributed by atoms with E-state index in [-0.39, 0.29) is 5.56 Å². The summed E-state index contributed by atoms with van der Waals surface area (Å²) in [6, 6.07) is 7.96. The highest BCUT2D eigenvalue weighted by molar-refractivity contribution is 5.64. The van der Waals surface area contributed by atoms with E-state index >= 15 is 0 Å². The smallest absolute Gasteiger partial charge is 0.194 e. The van der Waals surface area contributed by atoms with Gasteiger partial charge < -0.3 is 0 Å². The fraction of sp³-hybridized carbons (Fsp3) is 0.571. The molecule has 0 nitrogen and oxygen atoms in total. The van der Waals surface area contributed by atoms with E-state index in [1.54, 1.807) is 0 Å². The maximum atomic E-state index is 13.8. The Morgan fingerprint density at radius 1 is 0.806 bits per heavy atom. The Labute approximate surface area is 186 Å². The molecule has 0 spiro atoms. The van der Waals surface area contributed by atoms with E-state index in [0.717, 1.165) is 23.8 Å². The van der Waals surface area contributed by atoms with E-state index in [2.05, 4.69) is 6.92 Å². The average molecular weight is 430 g/mol. The number of halogens is 3. The van der Waals surface area contributed by atoms with Crippen molar-refractivity contribution < 1.29 is 14.5 Å². The first-order chi connectivity index (χ1) is 15.5. The molecule has 168 valence electrons. The molecule has 0 radical (unpaired) electrons. The summed E-state index contributed by atoms with van der Waals surface area (Å²) >= 11 is 0. The van der Waals surface area contributed by atoms with E-state index in [0.29, 0.717) is 11.5 Å². The molecule has 2 aromatic carbocycles. The van der Waals surface area contributed by atoms with Crippen molar-refractivity contribution >= 4 is 0 Å². The summed E-state index contributed by atoms with van der Waals surface area (Å²) < 4.78 is 48.6. The summed E-state index contributed by atoms with van der Waals surface area (Å²) in [5.74, 6) is -0.992. The second kappa shape index (κ2) is 10.2. The maximum absolute atomic E-state index is 13.8. The maximum Gasteiger partial charge on any atom is 0.194 e. The first-order valence-electron chi connectivity index (χ1n) is 12.7. The van der Waals surface area contributed by atoms with Gasteiger partial charge in [0.05, 0.1) is 1.37 Å². The van der Waals surface area contributed by atoms with Crippen LogP contribution >= 0.6 is 0 Å². The van der Waals surface area contributed by atoms with E-state index in [4.69, 9.17) is 1.37 Å². The van der Waals surface area contributed by atoms with Crippen molar-refractivity contribution in [1.82, 2.24) is 0 Å². The monoisotopic (exact) mass is 429 g/mol. The SMILES string of the molecule is [2H]c1c(-c2ccc(C3CCC(C4CCC(CCCC)CC4)CC3)cc2)cc(F)c(F)c1F. The van der Waals surface area contributed by atoms with Crippen molar-refractivity contribution in [2.24, 2.45) is 17.8 Å². The van der Waals surface area contributed by atoms with Crippen LogP contribution in [0.25, 0.3) is 11.1 Å². The lowest BCUT2D eigenvalue weighted by atomic mass is 9.68. The highest BCUT2D eigenvalue weighted by Gasteiger charge is 2.31. The minimum Gasteiger partial charge on any atom is -0.204 e. The highest BCUT2D eigenvalue weighted by Crippen LogP contribution is 2.44. The Kier molecular flexibility index (Phi) is 6.96. The van der Waals surface area contributed by atoms with Crippen molar-refractivity contribution in [2.75, 3.05) is 0 Å². The van der Waals surface area contributed by atoms with Crippen LogP contribution in [0.5, 0.6) is 0 Å². The zero-order valence-corrected chi connectivity index (χ0v) is 18.6. The van der Waals surface area contributed by atoms with Crippen LogP contribution in [0.4, 0.5) is 13.2 Å². The van der Waals surface area contributed by atoms with Crippen molar-refractivity contribution in [2.45, 2.75) is 83.5 Å². The topological polar surface area (TPSA) is 0 Å². The second-order valence-electron chi connectivity index (χ2n) is 9.82. The Hall–Kier alpha value is -1.77. The lowest BCUT2D eigenvalue weighted by molar-refractivity contribution is 0.156. The molecule has 4 rings (SSSR count). The largest absolute Gasteiger partial charge is 0.204 e. The summed E-state index contributed by atoms with van der Waals surface area (Å²) in [7, 11) is 0. The molecule has 0 N–H and O–H groups in total. The van der Waals surface area contributed by atoms with Gasteiger partial charge in [0, 0.05) is 0 Å². The minimum absolute atomic E-state index is 0.0891. The number of hydrogen-bond donors (Lipinski definition) is 0. The van der Waals surface area contributed by atoms with E-state index in [1.165, 1.54) is 76.2 Å². The molecule has 0 unspecified atom stereocenters. The Bertz CT molecular complexity index is 892. The molecule has 0 saturated heterocycles. The van der Waals surface area contributed by atoms with Crippen molar-refractivity contribution in [1.29, 1.82) is 0 Å². The molecule has 0 heterocycles. The molecule has 0 atom stereocenters. The molecule has 0 bridgehead atoms. The number of hydrogen-bond acceptors (Lipinski definition) is 0. The predicted octanol–water partition coefficient (Wildman–Crippen LogP) is 9.04. The standard InChI is InChI=1S/C28H35F3/c1-2-3-4-19-5-7-20(8-6-19)21-9-11-22(12-10-21)23-13-15-24(16-14-23)25-17-26(29)28(31)27(30)18-25/h13-22H,2-12H2,1H3/i17D. The van der Waals surface area contributed by atoms with Gasteiger partial charge in [-0.15, -0.1) is 0 Å². The van der Waals surface area contributed by atoms with Gasteiger partial charge in [0.15, 0.2) is 17.5 Å². The van der Waals surface area contributed by atoms with Crippen LogP contribution in [0, 0.1) is 35.2 Å². The third-order valence-electron chi connectivity index (χ3n) is 7.91. The van der Waals surface area contributed by atoms with Crippen LogP contribution in [0.15, 0.2) is 36.4 Å². The van der Waals surface area contributed by atoms with Gasteiger partial charge in [0.2, 0.25) is 0 Å². The lowest BCUT2D eigenvalue weighted by Gasteiger charge is -2.38. The molecule has 2 aromatic rings. The molecule has 2 aliphatic carbocycles. The third kappa shape index (κ3) is 5.35. The van der Waals surface area contributed by atoms with Crippen LogP contribution in [-0.2, 0) is 0 Å². The zero-order chi connectivity index (χ0) is 22.7. The van der Waals surface area contributed by atoms with Crippen molar-refractivity contribution in [3.8, 4) is 11.1 Å². The van der Waals surface area contributed by atoms with Gasteiger partial charge in [0.1, 0.15) is 0 Å². The van der Waals surface area contributed by atoms with Crippen LogP contribution in [0.2, 0.25) is 0 Å². The highest BCUT2D eigenvalue weighted by atomic mass is 19.2. The molecule has 0 aliphatic heterocycles. The van der Waals surface area contributed by atoms with E-state index in [9.17, 15) is 13.2 Å². The Morgan fingerprint density at radius 2 is 1.42 bits per heavy atom. The molecule has 3 heteroatoms. The van der Waals surface area contributed by atoms with Gasteiger partial charge in [-0.3, -0.25) is 0 Å². The number of benzene rings is 2. The number of rotatable bonds is 6. The van der Waals surface area contributed by atoms with Crippen molar-refractivity contribution in [3.63, 3.8) is 0 Å². The Morgan fingerprint density at radius 3 is 2.03 bits per heavy atom. The molecule has 2 aliphatic rings. The summed E-state index contributed by atoms with van der Waals surface area (Å²) in [5, 5.41) is 0. The molecule has 2 fully saturated rings. The minimum atomic E-state index is -1.58. The van der Waals surface area contributed by atoms with Gasteiger partial charge in [-0.2, -0.15) is 0 Å². The molecule has 31 heavy (non-hydrogen) atoms. The average Bonchev–Trinajstić information content (AvgIpc) is 2.84. The van der Waals surface area contributed by atoms with Gasteiger partial charge in [-0.05, 0) is 91.0 Å². The van der Waals surface area contributed by atoms with Gasteiger partial charge in [-0.25, -0.2) is 13.2 Å². The van der Waals surface area contributed by atoms with Crippen LogP contribution < -0.4 is 0 Å². The van der Waals surface area contributed by atoms with Crippen LogP contribution in [0.3, 0.4) is 0 Å². The Balaban J connectivity index is 1.33. The van der Waals surface area contributed by atoms with Crippen LogP contribution in [0.1, 0.15) is 90.4 Å². The zero-order valence-electron chi connectivity index (χ0n) is 19.6. The first kappa shape index (κ1) is 21.1. The van der Waals surface area contributed by atoms with Gasteiger partial charge in [0.25, 0.3) is 0 Å². The molecule has 0 amide bonds. The third-order valence-corrected chi connectivity index (χ3v) is 7.91. The fourth-order valence-electron chi connectivity index (χ4n) is 5.96. The van der Waals surface area contributed by atoms with Crippen LogP contribution in [-0.4, -0.2) is 0 Å². The fourth-order valence-corrected chi connectivity index (χ4v) is 5.96. The van der Waals surface area contributed by atoms with Gasteiger partial charge in [-0.1, -0.05) is 63.3 Å². The number of unbranched alkanes of at least 4 members (excludes halogenated alkanes) is 1. The molecule has 2 saturated carbocycles. The summed E-state index contributed by atoms with van der Waals surface area (Å²) in [6.07, 6.45) is 14.8. The molecular formula is C28H35F3. The lowest BCUT2D eigenvalue weighted by Crippen LogP contribution is -2.25. The van der Waals surface area contributed by atoms with Gasteiger partial charge >= 0.3 is 0 Å². The van der Waals surface area contributed by atoms with E-state index in [1.807, 2.05) is 24.3 Å². The van der Waals surface area contributed by atoms with E-state index < -0.39 is 23.5 Å². The second-order valence-corrected chi connectivity index (χ2v) is 9.82. The normalized spacial score (nSPS) is 27.2.